The van der Waals surface area contributed by atoms with Crippen LogP contribution in [0.3, 0.4) is 0 Å². The minimum Gasteiger partial charge on any atom is -0.379 e. The van der Waals surface area contributed by atoms with Crippen LogP contribution >= 0.6 is 0 Å². The molecule has 2 amide bonds. The summed E-state index contributed by atoms with van der Waals surface area (Å²) in [6.07, 6.45) is 3.09. The van der Waals surface area contributed by atoms with E-state index in [0.29, 0.717) is 12.5 Å². The smallest absolute Gasteiger partial charge is 0.317 e. The molecular weight excluding hydrogens is 316 g/mol. The lowest BCUT2D eigenvalue weighted by molar-refractivity contribution is 0.0249. The molecule has 3 rings (SSSR count). The van der Waals surface area contributed by atoms with Crippen molar-refractivity contribution < 1.29 is 9.53 Å². The lowest BCUT2D eigenvalue weighted by atomic mass is 9.97. The number of hydrogen-bond acceptors (Lipinski definition) is 4. The van der Waals surface area contributed by atoms with Crippen molar-refractivity contribution in [1.82, 2.24) is 20.1 Å². The molecule has 0 radical (unpaired) electrons. The number of aryl methyl sites for hydroxylation is 1. The van der Waals surface area contributed by atoms with E-state index in [4.69, 9.17) is 4.74 Å². The fourth-order valence-electron chi connectivity index (χ4n) is 3.70. The minimum absolute atomic E-state index is 0.0688. The Kier molecular flexibility index (Phi) is 6.64. The number of rotatable bonds is 5. The van der Waals surface area contributed by atoms with Gasteiger partial charge in [0.25, 0.3) is 0 Å². The highest BCUT2D eigenvalue weighted by Crippen LogP contribution is 2.18. The number of nitrogens with zero attached hydrogens (tertiary/aromatic N) is 3. The Balaban J connectivity index is 1.40. The van der Waals surface area contributed by atoms with Crippen molar-refractivity contribution in [3.8, 4) is 0 Å². The number of pyridine rings is 1. The first-order valence-corrected chi connectivity index (χ1v) is 9.46. The molecule has 6 heteroatoms. The Hall–Kier alpha value is -1.66. The predicted molar refractivity (Wildman–Crippen MR) is 97.6 cm³/mol. The Morgan fingerprint density at radius 2 is 2.16 bits per heavy atom. The van der Waals surface area contributed by atoms with E-state index in [9.17, 15) is 4.79 Å². The Morgan fingerprint density at radius 1 is 1.32 bits per heavy atom. The Labute approximate surface area is 150 Å². The fraction of sp³-hybridized carbons (Fsp3) is 0.684. The van der Waals surface area contributed by atoms with Crippen molar-refractivity contribution in [2.75, 3.05) is 52.5 Å². The molecule has 2 saturated heterocycles. The van der Waals surface area contributed by atoms with Crippen molar-refractivity contribution in [1.29, 1.82) is 0 Å². The van der Waals surface area contributed by atoms with Gasteiger partial charge in [0, 0.05) is 57.1 Å². The van der Waals surface area contributed by atoms with Crippen LogP contribution in [0.15, 0.2) is 18.2 Å². The molecule has 138 valence electrons. The van der Waals surface area contributed by atoms with Crippen molar-refractivity contribution in [2.45, 2.75) is 26.2 Å². The lowest BCUT2D eigenvalue weighted by Gasteiger charge is -2.36. The second-order valence-corrected chi connectivity index (χ2v) is 7.12. The van der Waals surface area contributed by atoms with Crippen molar-refractivity contribution in [2.24, 2.45) is 5.92 Å². The maximum Gasteiger partial charge on any atom is 0.317 e. The standard InChI is InChI=1S/C19H30N4O2/c1-16-4-2-6-18(21-16)7-8-20-19(24)23-9-3-5-17(15-23)14-22-10-12-25-13-11-22/h2,4,6,17H,3,5,7-15H2,1H3,(H,20,24)/t17-/m1/s1. The molecule has 1 atom stereocenters. The monoisotopic (exact) mass is 346 g/mol. The van der Waals surface area contributed by atoms with E-state index in [1.54, 1.807) is 0 Å². The second kappa shape index (κ2) is 9.15. The number of piperidine rings is 1. The average Bonchev–Trinajstić information content (AvgIpc) is 2.63. The summed E-state index contributed by atoms with van der Waals surface area (Å²) >= 11 is 0. The second-order valence-electron chi connectivity index (χ2n) is 7.12. The number of ether oxygens (including phenoxy) is 1. The van der Waals surface area contributed by atoms with Gasteiger partial charge in [-0.3, -0.25) is 9.88 Å². The minimum atomic E-state index is 0.0688. The number of likely N-dealkylation sites (tertiary alicyclic amines) is 1. The quantitative estimate of drug-likeness (QED) is 0.881. The van der Waals surface area contributed by atoms with E-state index >= 15 is 0 Å². The Bertz CT molecular complexity index is 560. The number of carbonyl (C=O) groups is 1. The van der Waals surface area contributed by atoms with Gasteiger partial charge in [0.15, 0.2) is 0 Å². The molecule has 0 spiro atoms. The van der Waals surface area contributed by atoms with Gasteiger partial charge in [0.1, 0.15) is 0 Å². The molecule has 2 aliphatic heterocycles. The van der Waals surface area contributed by atoms with Crippen LogP contribution in [-0.4, -0.2) is 73.3 Å². The summed E-state index contributed by atoms with van der Waals surface area (Å²) < 4.78 is 5.42. The third-order valence-electron chi connectivity index (χ3n) is 5.03. The molecule has 0 unspecified atom stereocenters. The lowest BCUT2D eigenvalue weighted by Crippen LogP contribution is -2.49. The molecule has 1 N–H and O–H groups in total. The van der Waals surface area contributed by atoms with Crippen molar-refractivity contribution in [3.63, 3.8) is 0 Å². The van der Waals surface area contributed by atoms with Gasteiger partial charge < -0.3 is 15.0 Å². The van der Waals surface area contributed by atoms with Gasteiger partial charge in [-0.25, -0.2) is 4.79 Å². The summed E-state index contributed by atoms with van der Waals surface area (Å²) in [6, 6.07) is 6.09. The third-order valence-corrected chi connectivity index (χ3v) is 5.03. The summed E-state index contributed by atoms with van der Waals surface area (Å²) in [5, 5.41) is 3.06. The number of aromatic nitrogens is 1. The molecular formula is C19H30N4O2. The highest BCUT2D eigenvalue weighted by molar-refractivity contribution is 5.74. The number of nitrogens with one attached hydrogen (secondary N) is 1. The zero-order chi connectivity index (χ0) is 17.5. The van der Waals surface area contributed by atoms with Gasteiger partial charge in [-0.2, -0.15) is 0 Å². The molecule has 2 aliphatic rings. The SMILES string of the molecule is Cc1cccc(CCNC(=O)N2CCC[C@H](CN3CCOCC3)C2)n1. The van der Waals surface area contributed by atoms with Gasteiger partial charge in [-0.15, -0.1) is 0 Å². The predicted octanol–water partition coefficient (Wildman–Crippen LogP) is 1.69. The summed E-state index contributed by atoms with van der Waals surface area (Å²) in [4.78, 5) is 21.4. The first kappa shape index (κ1) is 18.1. The van der Waals surface area contributed by atoms with E-state index in [1.165, 1.54) is 6.42 Å². The number of hydrogen-bond donors (Lipinski definition) is 1. The average molecular weight is 346 g/mol. The summed E-state index contributed by atoms with van der Waals surface area (Å²) in [6.45, 7) is 9.16. The van der Waals surface area contributed by atoms with Crippen LogP contribution in [0.1, 0.15) is 24.2 Å². The zero-order valence-corrected chi connectivity index (χ0v) is 15.2. The van der Waals surface area contributed by atoms with E-state index in [2.05, 4.69) is 15.2 Å². The van der Waals surface area contributed by atoms with Crippen LogP contribution < -0.4 is 5.32 Å². The number of amides is 2. The molecule has 1 aromatic rings. The molecule has 6 nitrogen and oxygen atoms in total. The number of morpholine rings is 1. The highest BCUT2D eigenvalue weighted by atomic mass is 16.5. The first-order valence-electron chi connectivity index (χ1n) is 9.46. The van der Waals surface area contributed by atoms with Crippen molar-refractivity contribution in [3.05, 3.63) is 29.6 Å². The van der Waals surface area contributed by atoms with Crippen LogP contribution in [-0.2, 0) is 11.2 Å². The molecule has 0 aromatic carbocycles. The molecule has 0 aliphatic carbocycles. The molecule has 0 saturated carbocycles. The topological polar surface area (TPSA) is 57.7 Å². The van der Waals surface area contributed by atoms with Crippen molar-refractivity contribution >= 4 is 6.03 Å². The fourth-order valence-corrected chi connectivity index (χ4v) is 3.70. The Morgan fingerprint density at radius 3 is 2.96 bits per heavy atom. The van der Waals surface area contributed by atoms with E-state index in [-0.39, 0.29) is 6.03 Å². The van der Waals surface area contributed by atoms with E-state index in [1.807, 2.05) is 30.0 Å². The summed E-state index contributed by atoms with van der Waals surface area (Å²) in [7, 11) is 0. The van der Waals surface area contributed by atoms with Gasteiger partial charge in [-0.1, -0.05) is 6.07 Å². The van der Waals surface area contributed by atoms with Crippen LogP contribution in [0.2, 0.25) is 0 Å². The normalized spacial score (nSPS) is 22.0. The molecule has 25 heavy (non-hydrogen) atoms. The van der Waals surface area contributed by atoms with Gasteiger partial charge >= 0.3 is 6.03 Å². The van der Waals surface area contributed by atoms with Crippen LogP contribution in [0.25, 0.3) is 0 Å². The van der Waals surface area contributed by atoms with Gasteiger partial charge in [-0.05, 0) is 37.8 Å². The number of urea groups is 1. The van der Waals surface area contributed by atoms with Crippen LogP contribution in [0.5, 0.6) is 0 Å². The molecule has 1 aromatic heterocycles. The van der Waals surface area contributed by atoms with Crippen LogP contribution in [0.4, 0.5) is 4.79 Å². The van der Waals surface area contributed by atoms with Gasteiger partial charge in [0.2, 0.25) is 0 Å². The summed E-state index contributed by atoms with van der Waals surface area (Å²) in [5.74, 6) is 0.580. The largest absolute Gasteiger partial charge is 0.379 e. The molecule has 3 heterocycles. The first-order chi connectivity index (χ1) is 12.2. The number of carbonyl (C=O) groups excluding carboxylic acids is 1. The highest BCUT2D eigenvalue weighted by Gasteiger charge is 2.25. The van der Waals surface area contributed by atoms with Gasteiger partial charge in [0.05, 0.1) is 13.2 Å². The zero-order valence-electron chi connectivity index (χ0n) is 15.2. The molecule has 0 bridgehead atoms. The van der Waals surface area contributed by atoms with Crippen LogP contribution in [0, 0.1) is 12.8 Å². The maximum absolute atomic E-state index is 12.5. The van der Waals surface area contributed by atoms with E-state index in [0.717, 1.165) is 70.2 Å². The summed E-state index contributed by atoms with van der Waals surface area (Å²) in [5.41, 5.74) is 2.05. The van der Waals surface area contributed by atoms with E-state index < -0.39 is 0 Å². The third kappa shape index (κ3) is 5.68. The molecule has 2 fully saturated rings. The maximum atomic E-state index is 12.5.